The maximum absolute atomic E-state index is 11.4. The van der Waals surface area contributed by atoms with Crippen LogP contribution < -0.4 is 11.1 Å². The van der Waals surface area contributed by atoms with Crippen molar-refractivity contribution in [3.05, 3.63) is 17.5 Å². The lowest BCUT2D eigenvalue weighted by atomic mass is 10.2. The first-order valence-corrected chi connectivity index (χ1v) is 4.86. The second kappa shape index (κ2) is 4.69. The lowest BCUT2D eigenvalue weighted by molar-refractivity contribution is -0.118. The van der Waals surface area contributed by atoms with E-state index in [-0.39, 0.29) is 23.5 Å². The Bertz CT molecular complexity index is 429. The zero-order valence-electron chi connectivity index (χ0n) is 9.44. The number of carbonyl (C=O) groups is 2. The van der Waals surface area contributed by atoms with E-state index in [2.05, 4.69) is 15.3 Å². The second-order valence-corrected chi connectivity index (χ2v) is 3.73. The van der Waals surface area contributed by atoms with Crippen molar-refractivity contribution in [2.75, 3.05) is 5.32 Å². The molecule has 3 N–H and O–H groups in total. The third-order valence-corrected chi connectivity index (χ3v) is 1.87. The molecule has 86 valence electrons. The van der Waals surface area contributed by atoms with Crippen molar-refractivity contribution in [3.8, 4) is 0 Å². The summed E-state index contributed by atoms with van der Waals surface area (Å²) in [6, 6.07) is 1.47. The summed E-state index contributed by atoms with van der Waals surface area (Å²) in [7, 11) is 0. The van der Waals surface area contributed by atoms with Crippen molar-refractivity contribution in [1.82, 2.24) is 9.97 Å². The van der Waals surface area contributed by atoms with Crippen LogP contribution in [0.25, 0.3) is 0 Å². The van der Waals surface area contributed by atoms with Crippen molar-refractivity contribution in [2.45, 2.75) is 20.8 Å². The number of aromatic nitrogens is 2. The normalized spacial score (nSPS) is 10.2. The minimum absolute atomic E-state index is 0.0894. The predicted molar refractivity (Wildman–Crippen MR) is 58.8 cm³/mol. The summed E-state index contributed by atoms with van der Waals surface area (Å²) < 4.78 is 0. The molecule has 0 aliphatic heterocycles. The molecule has 16 heavy (non-hydrogen) atoms. The van der Waals surface area contributed by atoms with Gasteiger partial charge in [0, 0.05) is 11.6 Å². The topological polar surface area (TPSA) is 98.0 Å². The van der Waals surface area contributed by atoms with E-state index in [4.69, 9.17) is 5.73 Å². The third-order valence-electron chi connectivity index (χ3n) is 1.87. The molecule has 0 fully saturated rings. The van der Waals surface area contributed by atoms with Gasteiger partial charge >= 0.3 is 0 Å². The largest absolute Gasteiger partial charge is 0.364 e. The number of amides is 2. The minimum Gasteiger partial charge on any atom is -0.364 e. The molecule has 6 heteroatoms. The van der Waals surface area contributed by atoms with Crippen molar-refractivity contribution in [3.63, 3.8) is 0 Å². The molecule has 0 spiro atoms. The molecule has 0 saturated carbocycles. The standard InChI is InChI=1S/C10H14N4O2/c1-5(2)9(16)14-10-12-6(3)4-7(13-10)8(11)15/h4-5H,1-3H3,(H2,11,15)(H,12,13,14,16). The number of anilines is 1. The SMILES string of the molecule is Cc1cc(C(N)=O)nc(NC(=O)C(C)C)n1. The molecule has 1 rings (SSSR count). The average molecular weight is 222 g/mol. The summed E-state index contributed by atoms with van der Waals surface area (Å²) in [4.78, 5) is 30.2. The van der Waals surface area contributed by atoms with Crippen LogP contribution in [0.5, 0.6) is 0 Å². The Morgan fingerprint density at radius 3 is 2.50 bits per heavy atom. The lowest BCUT2D eigenvalue weighted by Gasteiger charge is -2.07. The molecule has 1 heterocycles. The molecular weight excluding hydrogens is 208 g/mol. The molecule has 2 amide bonds. The van der Waals surface area contributed by atoms with Gasteiger partial charge in [-0.05, 0) is 13.0 Å². The Balaban J connectivity index is 2.97. The molecule has 0 unspecified atom stereocenters. The number of nitrogens with zero attached hydrogens (tertiary/aromatic N) is 2. The zero-order chi connectivity index (χ0) is 12.3. The summed E-state index contributed by atoms with van der Waals surface area (Å²) in [6.45, 7) is 5.19. The van der Waals surface area contributed by atoms with Crippen LogP contribution in [0, 0.1) is 12.8 Å². The number of hydrogen-bond donors (Lipinski definition) is 2. The predicted octanol–water partition coefficient (Wildman–Crippen LogP) is 0.478. The molecule has 0 aliphatic carbocycles. The van der Waals surface area contributed by atoms with Crippen LogP contribution in [0.15, 0.2) is 6.07 Å². The number of rotatable bonds is 3. The van der Waals surface area contributed by atoms with Crippen LogP contribution in [0.2, 0.25) is 0 Å². The third kappa shape index (κ3) is 3.01. The lowest BCUT2D eigenvalue weighted by Crippen LogP contribution is -2.21. The fourth-order valence-electron chi connectivity index (χ4n) is 1.01. The van der Waals surface area contributed by atoms with E-state index >= 15 is 0 Å². The van der Waals surface area contributed by atoms with Crippen LogP contribution in [0.4, 0.5) is 5.95 Å². The van der Waals surface area contributed by atoms with Crippen molar-refractivity contribution in [1.29, 1.82) is 0 Å². The summed E-state index contributed by atoms with van der Waals surface area (Å²) in [6.07, 6.45) is 0. The van der Waals surface area contributed by atoms with Crippen molar-refractivity contribution in [2.24, 2.45) is 11.7 Å². The highest BCUT2D eigenvalue weighted by molar-refractivity contribution is 5.93. The molecule has 0 aromatic carbocycles. The van der Waals surface area contributed by atoms with E-state index in [0.717, 1.165) is 0 Å². The van der Waals surface area contributed by atoms with Gasteiger partial charge in [0.15, 0.2) is 0 Å². The fraction of sp³-hybridized carbons (Fsp3) is 0.400. The van der Waals surface area contributed by atoms with Gasteiger partial charge < -0.3 is 5.73 Å². The first-order chi connectivity index (χ1) is 7.40. The first kappa shape index (κ1) is 12.1. The van der Waals surface area contributed by atoms with Crippen molar-refractivity contribution >= 4 is 17.8 Å². The average Bonchev–Trinajstić information content (AvgIpc) is 2.16. The maximum atomic E-state index is 11.4. The number of aryl methyl sites for hydroxylation is 1. The number of primary amides is 1. The van der Waals surface area contributed by atoms with E-state index in [1.54, 1.807) is 20.8 Å². The molecule has 0 atom stereocenters. The van der Waals surface area contributed by atoms with E-state index in [1.165, 1.54) is 6.07 Å². The van der Waals surface area contributed by atoms with Gasteiger partial charge in [0.2, 0.25) is 11.9 Å². The van der Waals surface area contributed by atoms with Crippen LogP contribution in [0.1, 0.15) is 30.0 Å². The highest BCUT2D eigenvalue weighted by Gasteiger charge is 2.11. The Morgan fingerprint density at radius 2 is 2.00 bits per heavy atom. The van der Waals surface area contributed by atoms with E-state index in [9.17, 15) is 9.59 Å². The Morgan fingerprint density at radius 1 is 1.38 bits per heavy atom. The van der Waals surface area contributed by atoms with Crippen LogP contribution in [-0.2, 0) is 4.79 Å². The highest BCUT2D eigenvalue weighted by Crippen LogP contribution is 2.06. The number of nitrogens with one attached hydrogen (secondary N) is 1. The van der Waals surface area contributed by atoms with Crippen molar-refractivity contribution < 1.29 is 9.59 Å². The number of carbonyl (C=O) groups excluding carboxylic acids is 2. The molecule has 0 aliphatic rings. The van der Waals surface area contributed by atoms with Gasteiger partial charge in [0.25, 0.3) is 5.91 Å². The number of nitrogens with two attached hydrogens (primary N) is 1. The second-order valence-electron chi connectivity index (χ2n) is 3.73. The molecule has 0 bridgehead atoms. The summed E-state index contributed by atoms with van der Waals surface area (Å²) >= 11 is 0. The maximum Gasteiger partial charge on any atom is 0.267 e. The molecular formula is C10H14N4O2. The van der Waals surface area contributed by atoms with Gasteiger partial charge in [-0.25, -0.2) is 9.97 Å². The molecule has 1 aromatic heterocycles. The summed E-state index contributed by atoms with van der Waals surface area (Å²) in [5.74, 6) is -0.930. The summed E-state index contributed by atoms with van der Waals surface area (Å²) in [5.41, 5.74) is 5.76. The van der Waals surface area contributed by atoms with E-state index in [0.29, 0.717) is 5.69 Å². The monoisotopic (exact) mass is 222 g/mol. The summed E-state index contributed by atoms with van der Waals surface area (Å²) in [5, 5.41) is 2.51. The van der Waals surface area contributed by atoms with Crippen LogP contribution >= 0.6 is 0 Å². The molecule has 6 nitrogen and oxygen atoms in total. The molecule has 0 radical (unpaired) electrons. The van der Waals surface area contributed by atoms with Gasteiger partial charge in [-0.2, -0.15) is 0 Å². The van der Waals surface area contributed by atoms with Gasteiger partial charge in [0.1, 0.15) is 5.69 Å². The van der Waals surface area contributed by atoms with Crippen LogP contribution in [0.3, 0.4) is 0 Å². The minimum atomic E-state index is -0.648. The Hall–Kier alpha value is -1.98. The van der Waals surface area contributed by atoms with Gasteiger partial charge in [-0.1, -0.05) is 13.8 Å². The Labute approximate surface area is 93.3 Å². The number of hydrogen-bond acceptors (Lipinski definition) is 4. The molecule has 1 aromatic rings. The van der Waals surface area contributed by atoms with Gasteiger partial charge in [-0.15, -0.1) is 0 Å². The van der Waals surface area contributed by atoms with Gasteiger partial charge in [-0.3, -0.25) is 14.9 Å². The zero-order valence-corrected chi connectivity index (χ0v) is 9.44. The molecule has 0 saturated heterocycles. The highest BCUT2D eigenvalue weighted by atomic mass is 16.2. The van der Waals surface area contributed by atoms with E-state index in [1.807, 2.05) is 0 Å². The quantitative estimate of drug-likeness (QED) is 0.777. The Kier molecular flexibility index (Phi) is 3.55. The fourth-order valence-corrected chi connectivity index (χ4v) is 1.01. The van der Waals surface area contributed by atoms with E-state index < -0.39 is 5.91 Å². The first-order valence-electron chi connectivity index (χ1n) is 4.86. The van der Waals surface area contributed by atoms with Crippen LogP contribution in [-0.4, -0.2) is 21.8 Å². The van der Waals surface area contributed by atoms with Gasteiger partial charge in [0.05, 0.1) is 0 Å². The smallest absolute Gasteiger partial charge is 0.267 e.